The quantitative estimate of drug-likeness (QED) is 0.353. The van der Waals surface area contributed by atoms with Gasteiger partial charge in [-0.2, -0.15) is 0 Å². The molecule has 0 fully saturated rings. The summed E-state index contributed by atoms with van der Waals surface area (Å²) in [5, 5.41) is 2.00. The molecule has 1 aromatic carbocycles. The highest BCUT2D eigenvalue weighted by atomic mass is 32.2. The van der Waals surface area contributed by atoms with E-state index in [2.05, 4.69) is 18.0 Å². The Kier molecular flexibility index (Phi) is 7.86. The molecule has 0 aliphatic rings. The van der Waals surface area contributed by atoms with E-state index in [4.69, 9.17) is 0 Å². The van der Waals surface area contributed by atoms with Crippen LogP contribution in [-0.4, -0.2) is 14.7 Å². The molecule has 1 unspecified atom stereocenters. The molecule has 0 aliphatic heterocycles. The Hall–Kier alpha value is -1.92. The number of carbonyl (C=O) groups is 1. The summed E-state index contributed by atoms with van der Waals surface area (Å²) in [7, 11) is 0. The summed E-state index contributed by atoms with van der Waals surface area (Å²) in [6.07, 6.45) is 11.1. The highest BCUT2D eigenvalue weighted by molar-refractivity contribution is 8.14. The molecule has 1 atom stereocenters. The third kappa shape index (κ3) is 5.79. The van der Waals surface area contributed by atoms with Crippen LogP contribution in [0.2, 0.25) is 0 Å². The Bertz CT molecular complexity index is 859. The van der Waals surface area contributed by atoms with Crippen LogP contribution in [0, 0.1) is 5.82 Å². The summed E-state index contributed by atoms with van der Waals surface area (Å²) in [4.78, 5) is 18.0. The zero-order chi connectivity index (χ0) is 19.8. The molecule has 0 spiro atoms. The first-order valence-corrected chi connectivity index (χ1v) is 11.4. The summed E-state index contributed by atoms with van der Waals surface area (Å²) in [5.74, 6) is -0.269. The van der Waals surface area contributed by atoms with Gasteiger partial charge in [0.15, 0.2) is 0 Å². The van der Waals surface area contributed by atoms with Gasteiger partial charge in [0.1, 0.15) is 5.82 Å². The average molecular weight is 417 g/mol. The Balaban J connectivity index is 1.72. The van der Waals surface area contributed by atoms with E-state index in [0.717, 1.165) is 28.8 Å². The highest BCUT2D eigenvalue weighted by Crippen LogP contribution is 2.35. The lowest BCUT2D eigenvalue weighted by Crippen LogP contribution is -2.08. The van der Waals surface area contributed by atoms with Gasteiger partial charge in [-0.1, -0.05) is 50.1 Å². The number of benzene rings is 1. The largest absolute Gasteiger partial charge is 0.336 e. The SMILES string of the molecule is CCCCCCc1ccsc1C(=O)SC(Cn1ccnc1)c1ccc(F)cc1. The van der Waals surface area contributed by atoms with Crippen LogP contribution in [0.15, 0.2) is 54.4 Å². The van der Waals surface area contributed by atoms with E-state index in [9.17, 15) is 9.18 Å². The number of thioether (sulfide) groups is 1. The van der Waals surface area contributed by atoms with Crippen LogP contribution in [-0.2, 0) is 13.0 Å². The molecular weight excluding hydrogens is 391 g/mol. The highest BCUT2D eigenvalue weighted by Gasteiger charge is 2.21. The second-order valence-electron chi connectivity index (χ2n) is 6.79. The molecule has 3 aromatic rings. The number of rotatable bonds is 10. The predicted octanol–water partition coefficient (Wildman–Crippen LogP) is 6.52. The number of hydrogen-bond acceptors (Lipinski definition) is 4. The minimum absolute atomic E-state index is 0.0925. The standard InChI is InChI=1S/C22H25FN2OS2/c1-2-3-4-5-6-18-11-14-27-21(18)22(26)28-20(15-25-13-12-24-16-25)17-7-9-19(23)10-8-17/h7-14,16,20H,2-6,15H2,1H3. The molecule has 148 valence electrons. The second kappa shape index (κ2) is 10.6. The number of unbranched alkanes of at least 4 members (excludes halogenated alkanes) is 3. The van der Waals surface area contributed by atoms with Gasteiger partial charge in [-0.25, -0.2) is 9.37 Å². The smallest absolute Gasteiger partial charge is 0.230 e. The van der Waals surface area contributed by atoms with Crippen molar-refractivity contribution in [1.29, 1.82) is 0 Å². The Labute approximate surface area is 174 Å². The Morgan fingerprint density at radius 1 is 1.21 bits per heavy atom. The Morgan fingerprint density at radius 3 is 2.75 bits per heavy atom. The first-order valence-electron chi connectivity index (χ1n) is 9.66. The fourth-order valence-electron chi connectivity index (χ4n) is 3.11. The van der Waals surface area contributed by atoms with E-state index >= 15 is 0 Å². The van der Waals surface area contributed by atoms with E-state index in [1.54, 1.807) is 24.7 Å². The van der Waals surface area contributed by atoms with Crippen molar-refractivity contribution in [3.05, 3.63) is 76.3 Å². The van der Waals surface area contributed by atoms with Crippen LogP contribution in [0.3, 0.4) is 0 Å². The number of aryl methyl sites for hydroxylation is 1. The average Bonchev–Trinajstić information content (AvgIpc) is 3.37. The van der Waals surface area contributed by atoms with Crippen molar-refractivity contribution in [1.82, 2.24) is 9.55 Å². The minimum Gasteiger partial charge on any atom is -0.336 e. The molecular formula is C22H25FN2OS2. The molecule has 0 amide bonds. The van der Waals surface area contributed by atoms with Gasteiger partial charge in [0, 0.05) is 18.9 Å². The molecule has 3 nitrogen and oxygen atoms in total. The number of aromatic nitrogens is 2. The number of hydrogen-bond donors (Lipinski definition) is 0. The van der Waals surface area contributed by atoms with Crippen LogP contribution in [0.4, 0.5) is 4.39 Å². The van der Waals surface area contributed by atoms with Gasteiger partial charge in [0.05, 0.1) is 16.5 Å². The van der Waals surface area contributed by atoms with E-state index in [1.807, 2.05) is 16.1 Å². The third-order valence-corrected chi connectivity index (χ3v) is 6.87. The van der Waals surface area contributed by atoms with Gasteiger partial charge < -0.3 is 4.57 Å². The lowest BCUT2D eigenvalue weighted by atomic mass is 10.1. The molecule has 0 radical (unpaired) electrons. The maximum absolute atomic E-state index is 13.4. The zero-order valence-corrected chi connectivity index (χ0v) is 17.6. The zero-order valence-electron chi connectivity index (χ0n) is 16.0. The molecule has 3 rings (SSSR count). The van der Waals surface area contributed by atoms with Gasteiger partial charge >= 0.3 is 0 Å². The molecule has 0 aliphatic carbocycles. The molecule has 0 saturated carbocycles. The van der Waals surface area contributed by atoms with Crippen LogP contribution < -0.4 is 0 Å². The first-order chi connectivity index (χ1) is 13.7. The van der Waals surface area contributed by atoms with Crippen LogP contribution in [0.1, 0.15) is 58.7 Å². The second-order valence-corrected chi connectivity index (χ2v) is 8.88. The van der Waals surface area contributed by atoms with Crippen LogP contribution in [0.25, 0.3) is 0 Å². The minimum atomic E-state index is -0.269. The first kappa shape index (κ1) is 20.8. The molecule has 0 bridgehead atoms. The van der Waals surface area contributed by atoms with Crippen molar-refractivity contribution in [2.24, 2.45) is 0 Å². The fourth-order valence-corrected chi connectivity index (χ4v) is 5.22. The normalized spacial score (nSPS) is 12.2. The number of nitrogens with zero attached hydrogens (tertiary/aromatic N) is 2. The van der Waals surface area contributed by atoms with E-state index in [1.165, 1.54) is 54.5 Å². The maximum Gasteiger partial charge on any atom is 0.230 e. The van der Waals surface area contributed by atoms with Crippen molar-refractivity contribution in [2.75, 3.05) is 0 Å². The van der Waals surface area contributed by atoms with Gasteiger partial charge in [-0.15, -0.1) is 11.3 Å². The lowest BCUT2D eigenvalue weighted by molar-refractivity contribution is 0.109. The van der Waals surface area contributed by atoms with Crippen molar-refractivity contribution >= 4 is 28.2 Å². The maximum atomic E-state index is 13.4. The van der Waals surface area contributed by atoms with Crippen LogP contribution in [0.5, 0.6) is 0 Å². The van der Waals surface area contributed by atoms with E-state index < -0.39 is 0 Å². The van der Waals surface area contributed by atoms with Crippen LogP contribution >= 0.6 is 23.1 Å². The molecule has 6 heteroatoms. The molecule has 2 heterocycles. The van der Waals surface area contributed by atoms with Crippen molar-refractivity contribution < 1.29 is 9.18 Å². The van der Waals surface area contributed by atoms with Crippen molar-refractivity contribution in [3.63, 3.8) is 0 Å². The Morgan fingerprint density at radius 2 is 2.04 bits per heavy atom. The summed E-state index contributed by atoms with van der Waals surface area (Å²) in [6.45, 7) is 2.81. The van der Waals surface area contributed by atoms with Gasteiger partial charge in [-0.05, 0) is 47.5 Å². The number of halogens is 1. The molecule has 0 N–H and O–H groups in total. The van der Waals surface area contributed by atoms with E-state index in [-0.39, 0.29) is 16.2 Å². The third-order valence-electron chi connectivity index (χ3n) is 4.66. The van der Waals surface area contributed by atoms with Gasteiger partial charge in [0.25, 0.3) is 0 Å². The summed E-state index contributed by atoms with van der Waals surface area (Å²) in [6, 6.07) is 8.50. The fraction of sp³-hybridized carbons (Fsp3) is 0.364. The molecule has 0 saturated heterocycles. The number of imidazole rings is 1. The van der Waals surface area contributed by atoms with E-state index in [0.29, 0.717) is 6.54 Å². The van der Waals surface area contributed by atoms with Gasteiger partial charge in [-0.3, -0.25) is 4.79 Å². The monoisotopic (exact) mass is 416 g/mol. The van der Waals surface area contributed by atoms with Crippen molar-refractivity contribution in [2.45, 2.75) is 50.8 Å². The summed E-state index contributed by atoms with van der Waals surface area (Å²) >= 11 is 2.84. The van der Waals surface area contributed by atoms with Crippen molar-refractivity contribution in [3.8, 4) is 0 Å². The summed E-state index contributed by atoms with van der Waals surface area (Å²) in [5.41, 5.74) is 2.09. The topological polar surface area (TPSA) is 34.9 Å². The molecule has 2 aromatic heterocycles. The predicted molar refractivity (Wildman–Crippen MR) is 115 cm³/mol. The molecule has 28 heavy (non-hydrogen) atoms. The lowest BCUT2D eigenvalue weighted by Gasteiger charge is -2.17. The van der Waals surface area contributed by atoms with Gasteiger partial charge in [0.2, 0.25) is 5.12 Å². The number of carbonyl (C=O) groups excluding carboxylic acids is 1. The number of thiophene rings is 1. The summed E-state index contributed by atoms with van der Waals surface area (Å²) < 4.78 is 15.3.